The minimum Gasteiger partial charge on any atom is -0.489 e. The Bertz CT molecular complexity index is 671. The number of hydrogen-bond acceptors (Lipinski definition) is 4. The van der Waals surface area contributed by atoms with E-state index in [1.165, 1.54) is 11.3 Å². The minimum atomic E-state index is 0.0784. The molecule has 2 N–H and O–H groups in total. The van der Waals surface area contributed by atoms with Crippen molar-refractivity contribution in [1.29, 1.82) is 0 Å². The lowest BCUT2D eigenvalue weighted by Gasteiger charge is -2.09. The summed E-state index contributed by atoms with van der Waals surface area (Å²) >= 11 is 1.24. The van der Waals surface area contributed by atoms with Gasteiger partial charge in [0.15, 0.2) is 0 Å². The van der Waals surface area contributed by atoms with Gasteiger partial charge in [0.05, 0.1) is 5.69 Å². The van der Waals surface area contributed by atoms with Crippen LogP contribution in [-0.4, -0.2) is 17.7 Å². The topological polar surface area (TPSA) is 57.2 Å². The number of hydrogen-bond donors (Lipinski definition) is 1. The Morgan fingerprint density at radius 2 is 2.05 bits per heavy atom. The van der Waals surface area contributed by atoms with Crippen LogP contribution in [0.3, 0.4) is 0 Å². The number of nitrogens with zero attached hydrogens (tertiary/aromatic N) is 1. The van der Waals surface area contributed by atoms with Crippen molar-refractivity contribution in [2.75, 3.05) is 13.2 Å². The number of thiazole rings is 1. The van der Waals surface area contributed by atoms with Crippen LogP contribution in [0.4, 0.5) is 0 Å². The van der Waals surface area contributed by atoms with Crippen molar-refractivity contribution in [2.24, 2.45) is 5.73 Å². The van der Waals surface area contributed by atoms with Gasteiger partial charge in [-0.3, -0.25) is 9.36 Å². The van der Waals surface area contributed by atoms with Crippen LogP contribution < -0.4 is 15.3 Å². The Morgan fingerprint density at radius 3 is 2.68 bits per heavy atom. The molecule has 0 spiro atoms. The molecule has 0 amide bonds. The van der Waals surface area contributed by atoms with E-state index in [4.69, 9.17) is 10.5 Å². The fraction of sp³-hybridized carbons (Fsp3) is 0.353. The molecule has 4 nitrogen and oxygen atoms in total. The highest BCUT2D eigenvalue weighted by Gasteiger charge is 2.09. The maximum Gasteiger partial charge on any atom is 0.307 e. The molecule has 0 saturated heterocycles. The maximum absolute atomic E-state index is 12.0. The number of nitrogens with two attached hydrogens (primary N) is 1. The quantitative estimate of drug-likeness (QED) is 0.600. The Labute approximate surface area is 134 Å². The molecule has 0 saturated carbocycles. The number of unbranched alkanes of at least 4 members (excludes halogenated alkanes) is 1. The summed E-state index contributed by atoms with van der Waals surface area (Å²) in [5, 5.41) is 1.91. The van der Waals surface area contributed by atoms with Crippen LogP contribution in [0.25, 0.3) is 11.3 Å². The highest BCUT2D eigenvalue weighted by atomic mass is 32.1. The van der Waals surface area contributed by atoms with Crippen molar-refractivity contribution < 1.29 is 4.74 Å². The molecule has 5 heteroatoms. The first-order valence-electron chi connectivity index (χ1n) is 7.38. The molecule has 1 aromatic carbocycles. The smallest absolute Gasteiger partial charge is 0.307 e. The molecule has 0 fully saturated rings. The SMILES string of the molecule is C=C(C)COc1ccc(-c2csc(=O)n2CCCCN)cc1. The Morgan fingerprint density at radius 1 is 1.32 bits per heavy atom. The van der Waals surface area contributed by atoms with E-state index in [9.17, 15) is 4.79 Å². The number of aromatic nitrogens is 1. The predicted molar refractivity (Wildman–Crippen MR) is 92.6 cm³/mol. The summed E-state index contributed by atoms with van der Waals surface area (Å²) in [6, 6.07) is 7.80. The molecule has 0 bridgehead atoms. The van der Waals surface area contributed by atoms with Gasteiger partial charge in [-0.1, -0.05) is 17.9 Å². The second-order valence-electron chi connectivity index (χ2n) is 5.30. The largest absolute Gasteiger partial charge is 0.489 e. The van der Waals surface area contributed by atoms with Gasteiger partial charge in [0.1, 0.15) is 12.4 Å². The van der Waals surface area contributed by atoms with E-state index < -0.39 is 0 Å². The zero-order valence-electron chi connectivity index (χ0n) is 12.9. The number of benzene rings is 1. The van der Waals surface area contributed by atoms with Crippen molar-refractivity contribution in [3.05, 3.63) is 51.5 Å². The molecule has 0 unspecified atom stereocenters. The van der Waals surface area contributed by atoms with Gasteiger partial charge in [0.25, 0.3) is 0 Å². The normalized spacial score (nSPS) is 10.6. The van der Waals surface area contributed by atoms with Gasteiger partial charge in [0.2, 0.25) is 0 Å². The van der Waals surface area contributed by atoms with E-state index in [1.54, 1.807) is 0 Å². The molecule has 0 atom stereocenters. The van der Waals surface area contributed by atoms with Gasteiger partial charge in [-0.15, -0.1) is 0 Å². The monoisotopic (exact) mass is 318 g/mol. The van der Waals surface area contributed by atoms with Crippen LogP contribution in [-0.2, 0) is 6.54 Å². The van der Waals surface area contributed by atoms with E-state index >= 15 is 0 Å². The lowest BCUT2D eigenvalue weighted by molar-refractivity contribution is 0.353. The van der Waals surface area contributed by atoms with Crippen LogP contribution in [0.5, 0.6) is 5.75 Å². The molecule has 1 aromatic heterocycles. The zero-order chi connectivity index (χ0) is 15.9. The van der Waals surface area contributed by atoms with Crippen molar-refractivity contribution in [2.45, 2.75) is 26.3 Å². The van der Waals surface area contributed by atoms with Gasteiger partial charge >= 0.3 is 4.87 Å². The fourth-order valence-electron chi connectivity index (χ4n) is 2.11. The summed E-state index contributed by atoms with van der Waals surface area (Å²) in [5.74, 6) is 0.805. The molecule has 0 aliphatic rings. The Balaban J connectivity index is 2.14. The third kappa shape index (κ3) is 4.32. The number of rotatable bonds is 8. The molecule has 118 valence electrons. The van der Waals surface area contributed by atoms with Gasteiger partial charge in [-0.2, -0.15) is 0 Å². The molecule has 0 aliphatic heterocycles. The summed E-state index contributed by atoms with van der Waals surface area (Å²) in [7, 11) is 0. The van der Waals surface area contributed by atoms with Crippen LogP contribution in [0, 0.1) is 0 Å². The third-order valence-corrected chi connectivity index (χ3v) is 4.02. The van der Waals surface area contributed by atoms with E-state index in [0.29, 0.717) is 19.7 Å². The van der Waals surface area contributed by atoms with Crippen LogP contribution in [0.15, 0.2) is 46.6 Å². The third-order valence-electron chi connectivity index (χ3n) is 3.25. The second-order valence-corrected chi connectivity index (χ2v) is 6.13. The molecule has 2 rings (SSSR count). The van der Waals surface area contributed by atoms with Gasteiger partial charge in [0, 0.05) is 11.9 Å². The van der Waals surface area contributed by atoms with Crippen molar-refractivity contribution in [3.63, 3.8) is 0 Å². The van der Waals surface area contributed by atoms with E-state index in [1.807, 2.05) is 41.1 Å². The summed E-state index contributed by atoms with van der Waals surface area (Å²) < 4.78 is 7.42. The van der Waals surface area contributed by atoms with Crippen LogP contribution >= 0.6 is 11.3 Å². The zero-order valence-corrected chi connectivity index (χ0v) is 13.7. The lowest BCUT2D eigenvalue weighted by Crippen LogP contribution is -2.15. The van der Waals surface area contributed by atoms with E-state index in [2.05, 4.69) is 6.58 Å². The molecular formula is C17H22N2O2S. The standard InChI is InChI=1S/C17H22N2O2S/c1-13(2)11-21-15-7-5-14(6-8-15)16-12-22-17(20)19(16)10-4-3-9-18/h5-8,12H,1,3-4,9-11,18H2,2H3. The van der Waals surface area contributed by atoms with Gasteiger partial charge < -0.3 is 10.5 Å². The summed E-state index contributed by atoms with van der Waals surface area (Å²) in [4.78, 5) is 12.0. The molecular weight excluding hydrogens is 296 g/mol. The first-order chi connectivity index (χ1) is 10.6. The fourth-order valence-corrected chi connectivity index (χ4v) is 2.90. The summed E-state index contributed by atoms with van der Waals surface area (Å²) in [6.45, 7) is 7.63. The Kier molecular flexibility index (Phi) is 5.98. The molecule has 0 aliphatic carbocycles. The van der Waals surface area contributed by atoms with E-state index in [0.717, 1.165) is 35.4 Å². The van der Waals surface area contributed by atoms with Crippen molar-refractivity contribution in [1.82, 2.24) is 4.57 Å². The first-order valence-corrected chi connectivity index (χ1v) is 8.26. The van der Waals surface area contributed by atoms with Crippen molar-refractivity contribution in [3.8, 4) is 17.0 Å². The predicted octanol–water partition coefficient (Wildman–Crippen LogP) is 3.27. The highest BCUT2D eigenvalue weighted by Crippen LogP contribution is 2.23. The Hall–Kier alpha value is -1.85. The van der Waals surface area contributed by atoms with E-state index in [-0.39, 0.29) is 4.87 Å². The second kappa shape index (κ2) is 7.96. The van der Waals surface area contributed by atoms with Crippen LogP contribution in [0.1, 0.15) is 19.8 Å². The minimum absolute atomic E-state index is 0.0784. The average Bonchev–Trinajstić information content (AvgIpc) is 2.87. The van der Waals surface area contributed by atoms with Crippen molar-refractivity contribution >= 4 is 11.3 Å². The summed E-state index contributed by atoms with van der Waals surface area (Å²) in [6.07, 6.45) is 1.84. The highest BCUT2D eigenvalue weighted by molar-refractivity contribution is 7.07. The molecule has 1 heterocycles. The van der Waals surface area contributed by atoms with Crippen LogP contribution in [0.2, 0.25) is 0 Å². The molecule has 2 aromatic rings. The van der Waals surface area contributed by atoms with Gasteiger partial charge in [-0.05, 0) is 61.7 Å². The average molecular weight is 318 g/mol. The molecule has 0 radical (unpaired) electrons. The maximum atomic E-state index is 12.0. The molecule has 22 heavy (non-hydrogen) atoms. The van der Waals surface area contributed by atoms with Gasteiger partial charge in [-0.25, -0.2) is 0 Å². The summed E-state index contributed by atoms with van der Waals surface area (Å²) in [5.41, 5.74) is 8.48. The number of ether oxygens (including phenoxy) is 1. The lowest BCUT2D eigenvalue weighted by atomic mass is 10.1. The first kappa shape index (κ1) is 16.5.